The van der Waals surface area contributed by atoms with E-state index in [1.54, 1.807) is 0 Å². The summed E-state index contributed by atoms with van der Waals surface area (Å²) in [6.45, 7) is 6.33. The number of hydrogen-bond donors (Lipinski definition) is 1. The van der Waals surface area contributed by atoms with Crippen LogP contribution in [0.2, 0.25) is 0 Å². The van der Waals surface area contributed by atoms with Crippen molar-refractivity contribution < 1.29 is 9.53 Å². The van der Waals surface area contributed by atoms with Crippen LogP contribution in [0.25, 0.3) is 0 Å². The highest BCUT2D eigenvalue weighted by Gasteiger charge is 2.20. The van der Waals surface area contributed by atoms with Gasteiger partial charge in [0.2, 0.25) is 5.91 Å². The number of nitrogens with zero attached hydrogens (tertiary/aromatic N) is 1. The van der Waals surface area contributed by atoms with Crippen molar-refractivity contribution in [2.75, 3.05) is 19.7 Å². The van der Waals surface area contributed by atoms with Crippen LogP contribution in [0.3, 0.4) is 0 Å². The molecule has 1 aliphatic heterocycles. The molecule has 1 aromatic rings. The van der Waals surface area contributed by atoms with Crippen LogP contribution in [0.1, 0.15) is 44.6 Å². The van der Waals surface area contributed by atoms with Crippen LogP contribution < -0.4 is 10.5 Å². The van der Waals surface area contributed by atoms with Crippen molar-refractivity contribution in [3.8, 4) is 5.75 Å². The zero-order valence-electron chi connectivity index (χ0n) is 13.5. The minimum Gasteiger partial charge on any atom is -0.493 e. The maximum Gasteiger partial charge on any atom is 0.225 e. The van der Waals surface area contributed by atoms with Gasteiger partial charge in [-0.2, -0.15) is 0 Å². The normalized spacial score (nSPS) is 15.5. The molecule has 1 heterocycles. The number of halogens is 1. The van der Waals surface area contributed by atoms with Crippen molar-refractivity contribution in [1.82, 2.24) is 4.90 Å². The van der Waals surface area contributed by atoms with Gasteiger partial charge in [-0.3, -0.25) is 4.79 Å². The first kappa shape index (κ1) is 18.8. The number of rotatable bonds is 5. The quantitative estimate of drug-likeness (QED) is 0.905. The Hall–Kier alpha value is -1.26. The van der Waals surface area contributed by atoms with Crippen LogP contribution in [0.4, 0.5) is 0 Å². The Morgan fingerprint density at radius 1 is 1.27 bits per heavy atom. The highest BCUT2D eigenvalue weighted by molar-refractivity contribution is 5.85. The number of hydrogen-bond acceptors (Lipinski definition) is 3. The lowest BCUT2D eigenvalue weighted by atomic mass is 10.0. The minimum atomic E-state index is 0. The van der Waals surface area contributed by atoms with Crippen molar-refractivity contribution >= 4 is 18.3 Å². The molecule has 1 aromatic carbocycles. The lowest BCUT2D eigenvalue weighted by molar-refractivity contribution is -0.132. The molecular weight excluding hydrogens is 300 g/mol. The number of amides is 1. The second-order valence-electron chi connectivity index (χ2n) is 6.04. The summed E-state index contributed by atoms with van der Waals surface area (Å²) in [5, 5.41) is 0. The molecule has 1 amide bonds. The Kier molecular flexibility index (Phi) is 7.69. The number of carbonyl (C=O) groups is 1. The lowest BCUT2D eigenvalue weighted by Crippen LogP contribution is -2.43. The summed E-state index contributed by atoms with van der Waals surface area (Å²) in [5.41, 5.74) is 7.14. The maximum atomic E-state index is 12.0. The van der Waals surface area contributed by atoms with E-state index in [1.165, 1.54) is 5.56 Å². The van der Waals surface area contributed by atoms with Crippen LogP contribution in [0.5, 0.6) is 5.75 Å². The van der Waals surface area contributed by atoms with E-state index in [0.717, 1.165) is 31.7 Å². The van der Waals surface area contributed by atoms with Crippen LogP contribution in [-0.4, -0.2) is 36.5 Å². The van der Waals surface area contributed by atoms with Gasteiger partial charge in [-0.1, -0.05) is 26.0 Å². The van der Waals surface area contributed by atoms with Gasteiger partial charge in [0.15, 0.2) is 0 Å². The van der Waals surface area contributed by atoms with Gasteiger partial charge in [0, 0.05) is 19.1 Å². The molecule has 0 aromatic heterocycles. The van der Waals surface area contributed by atoms with Crippen molar-refractivity contribution in [3.63, 3.8) is 0 Å². The van der Waals surface area contributed by atoms with E-state index in [4.69, 9.17) is 10.5 Å². The summed E-state index contributed by atoms with van der Waals surface area (Å²) in [6, 6.07) is 8.35. The first-order valence-corrected chi connectivity index (χ1v) is 7.82. The summed E-state index contributed by atoms with van der Waals surface area (Å²) in [6.07, 6.45) is 2.24. The molecule has 0 bridgehead atoms. The van der Waals surface area contributed by atoms with Gasteiger partial charge in [0.1, 0.15) is 5.75 Å². The summed E-state index contributed by atoms with van der Waals surface area (Å²) in [5.74, 6) is 1.51. The maximum absolute atomic E-state index is 12.0. The van der Waals surface area contributed by atoms with Gasteiger partial charge in [0.25, 0.3) is 0 Å². The van der Waals surface area contributed by atoms with E-state index in [9.17, 15) is 4.79 Å². The van der Waals surface area contributed by atoms with Gasteiger partial charge in [0.05, 0.1) is 13.0 Å². The van der Waals surface area contributed by atoms with Crippen LogP contribution in [0.15, 0.2) is 24.3 Å². The largest absolute Gasteiger partial charge is 0.493 e. The standard InChI is InChI=1S/C17H26N2O2.ClH/c1-13(2)14-3-5-16(6-4-14)21-12-9-17(20)19-10-7-15(18)8-11-19;/h3-6,13,15H,7-12,18H2,1-2H3;1H. The molecule has 5 heteroatoms. The fourth-order valence-corrected chi connectivity index (χ4v) is 2.51. The zero-order chi connectivity index (χ0) is 15.2. The molecule has 0 spiro atoms. The van der Waals surface area contributed by atoms with Crippen molar-refractivity contribution in [1.29, 1.82) is 0 Å². The molecule has 2 rings (SSSR count). The summed E-state index contributed by atoms with van der Waals surface area (Å²) in [7, 11) is 0. The smallest absolute Gasteiger partial charge is 0.225 e. The number of carbonyl (C=O) groups excluding carboxylic acids is 1. The van der Waals surface area contributed by atoms with E-state index in [1.807, 2.05) is 17.0 Å². The van der Waals surface area contributed by atoms with Gasteiger partial charge in [-0.25, -0.2) is 0 Å². The predicted molar refractivity (Wildman–Crippen MR) is 91.7 cm³/mol. The Morgan fingerprint density at radius 3 is 2.41 bits per heavy atom. The monoisotopic (exact) mass is 326 g/mol. The molecule has 0 unspecified atom stereocenters. The fraction of sp³-hybridized carbons (Fsp3) is 0.588. The SMILES string of the molecule is CC(C)c1ccc(OCCC(=O)N2CCC(N)CC2)cc1.Cl. The topological polar surface area (TPSA) is 55.6 Å². The first-order valence-electron chi connectivity index (χ1n) is 7.82. The summed E-state index contributed by atoms with van der Waals surface area (Å²) >= 11 is 0. The molecule has 1 aliphatic rings. The van der Waals surface area contributed by atoms with Gasteiger partial charge < -0.3 is 15.4 Å². The van der Waals surface area contributed by atoms with E-state index in [0.29, 0.717) is 18.9 Å². The van der Waals surface area contributed by atoms with Crippen LogP contribution in [0, 0.1) is 0 Å². The average Bonchev–Trinajstić information content (AvgIpc) is 2.48. The number of piperidine rings is 1. The lowest BCUT2D eigenvalue weighted by Gasteiger charge is -2.30. The van der Waals surface area contributed by atoms with E-state index in [2.05, 4.69) is 26.0 Å². The molecule has 22 heavy (non-hydrogen) atoms. The third kappa shape index (κ3) is 5.50. The van der Waals surface area contributed by atoms with E-state index in [-0.39, 0.29) is 24.4 Å². The van der Waals surface area contributed by atoms with Gasteiger partial charge >= 0.3 is 0 Å². The minimum absolute atomic E-state index is 0. The van der Waals surface area contributed by atoms with Crippen molar-refractivity contribution in [2.24, 2.45) is 5.73 Å². The van der Waals surface area contributed by atoms with Crippen LogP contribution >= 0.6 is 12.4 Å². The number of nitrogens with two attached hydrogens (primary N) is 1. The Labute approximate surface area is 139 Å². The van der Waals surface area contributed by atoms with E-state index < -0.39 is 0 Å². The second-order valence-corrected chi connectivity index (χ2v) is 6.04. The predicted octanol–water partition coefficient (Wildman–Crippen LogP) is 2.95. The number of benzene rings is 1. The molecule has 0 atom stereocenters. The highest BCUT2D eigenvalue weighted by atomic mass is 35.5. The average molecular weight is 327 g/mol. The molecule has 1 fully saturated rings. The van der Waals surface area contributed by atoms with Gasteiger partial charge in [-0.05, 0) is 36.5 Å². The molecule has 4 nitrogen and oxygen atoms in total. The molecule has 2 N–H and O–H groups in total. The molecule has 1 saturated heterocycles. The third-order valence-corrected chi connectivity index (χ3v) is 4.02. The number of likely N-dealkylation sites (tertiary alicyclic amines) is 1. The fourth-order valence-electron chi connectivity index (χ4n) is 2.51. The molecule has 0 aliphatic carbocycles. The Balaban J connectivity index is 0.00000242. The van der Waals surface area contributed by atoms with Crippen LogP contribution in [-0.2, 0) is 4.79 Å². The Bertz CT molecular complexity index is 454. The second kappa shape index (κ2) is 9.01. The number of ether oxygens (including phenoxy) is 1. The van der Waals surface area contributed by atoms with E-state index >= 15 is 0 Å². The molecule has 0 saturated carbocycles. The summed E-state index contributed by atoms with van der Waals surface area (Å²) < 4.78 is 5.65. The van der Waals surface area contributed by atoms with Crippen molar-refractivity contribution in [2.45, 2.75) is 45.1 Å². The first-order chi connectivity index (χ1) is 10.1. The zero-order valence-corrected chi connectivity index (χ0v) is 14.3. The molecule has 124 valence electrons. The van der Waals surface area contributed by atoms with Gasteiger partial charge in [-0.15, -0.1) is 12.4 Å². The summed E-state index contributed by atoms with van der Waals surface area (Å²) in [4.78, 5) is 13.9. The third-order valence-electron chi connectivity index (χ3n) is 4.02. The Morgan fingerprint density at radius 2 is 1.86 bits per heavy atom. The molecule has 0 radical (unpaired) electrons. The molecular formula is C17H27ClN2O2. The highest BCUT2D eigenvalue weighted by Crippen LogP contribution is 2.18. The van der Waals surface area contributed by atoms with Crippen molar-refractivity contribution in [3.05, 3.63) is 29.8 Å².